The molecule has 3 rings (SSSR count). The van der Waals surface area contributed by atoms with Gasteiger partial charge in [-0.05, 0) is 67.7 Å². The van der Waals surface area contributed by atoms with Gasteiger partial charge in [-0.2, -0.15) is 0 Å². The Hall–Kier alpha value is -2.40. The summed E-state index contributed by atoms with van der Waals surface area (Å²) in [5, 5.41) is 7.30. The third-order valence-electron chi connectivity index (χ3n) is 5.11. The number of amides is 1. The lowest BCUT2D eigenvalue weighted by atomic mass is 10.00. The summed E-state index contributed by atoms with van der Waals surface area (Å²) < 4.78 is 0. The van der Waals surface area contributed by atoms with E-state index in [1.807, 2.05) is 30.0 Å². The molecule has 1 atom stereocenters. The van der Waals surface area contributed by atoms with Gasteiger partial charge in [-0.15, -0.1) is 0 Å². The summed E-state index contributed by atoms with van der Waals surface area (Å²) in [7, 11) is 0. The number of aryl methyl sites for hydroxylation is 2. The van der Waals surface area contributed by atoms with Crippen molar-refractivity contribution in [3.05, 3.63) is 59.2 Å². The Morgan fingerprint density at radius 3 is 2.63 bits per heavy atom. The van der Waals surface area contributed by atoms with E-state index >= 15 is 0 Å². The standard InChI is InChI=1S/C22H27N3OS/c1-4-19(18-9-6-5-8-15(18)2)24-22(27)23-17-12-11-16(3)20(14-17)25-13-7-10-21(25)26/h5-6,8-9,11-12,14,19H,4,7,10,13H2,1-3H3,(H2,23,24,27). The molecule has 5 heteroatoms. The highest BCUT2D eigenvalue weighted by atomic mass is 32.1. The van der Waals surface area contributed by atoms with Crippen LogP contribution in [0.3, 0.4) is 0 Å². The van der Waals surface area contributed by atoms with Crippen LogP contribution in [0.1, 0.15) is 48.9 Å². The van der Waals surface area contributed by atoms with Gasteiger partial charge in [0, 0.05) is 24.3 Å². The zero-order valence-corrected chi connectivity index (χ0v) is 17.0. The van der Waals surface area contributed by atoms with E-state index in [0.717, 1.165) is 36.3 Å². The molecule has 2 N–H and O–H groups in total. The average molecular weight is 382 g/mol. The van der Waals surface area contributed by atoms with Crippen molar-refractivity contribution in [3.63, 3.8) is 0 Å². The maximum Gasteiger partial charge on any atom is 0.227 e. The molecule has 27 heavy (non-hydrogen) atoms. The second kappa shape index (κ2) is 8.53. The molecule has 4 nitrogen and oxygen atoms in total. The van der Waals surface area contributed by atoms with Crippen molar-refractivity contribution < 1.29 is 4.79 Å². The van der Waals surface area contributed by atoms with Gasteiger partial charge in [0.15, 0.2) is 5.11 Å². The molecule has 0 aliphatic carbocycles. The number of carbonyl (C=O) groups is 1. The van der Waals surface area contributed by atoms with Crippen LogP contribution >= 0.6 is 12.2 Å². The summed E-state index contributed by atoms with van der Waals surface area (Å²) in [5.41, 5.74) is 5.48. The minimum atomic E-state index is 0.163. The molecule has 0 bridgehead atoms. The molecule has 0 radical (unpaired) electrons. The van der Waals surface area contributed by atoms with E-state index in [9.17, 15) is 4.79 Å². The number of hydrogen-bond donors (Lipinski definition) is 2. The molecule has 2 aromatic rings. The first-order chi connectivity index (χ1) is 13.0. The number of nitrogens with one attached hydrogen (secondary N) is 2. The fourth-order valence-electron chi connectivity index (χ4n) is 3.58. The van der Waals surface area contributed by atoms with E-state index in [2.05, 4.69) is 48.7 Å². The largest absolute Gasteiger partial charge is 0.356 e. The van der Waals surface area contributed by atoms with Crippen LogP contribution in [0, 0.1) is 13.8 Å². The Labute approximate surface area is 167 Å². The molecule has 1 aliphatic heterocycles. The third-order valence-corrected chi connectivity index (χ3v) is 5.33. The Morgan fingerprint density at radius 2 is 1.96 bits per heavy atom. The quantitative estimate of drug-likeness (QED) is 0.726. The number of thiocarbonyl (C=S) groups is 1. The Bertz CT molecular complexity index is 849. The number of benzene rings is 2. The smallest absolute Gasteiger partial charge is 0.227 e. The zero-order chi connectivity index (χ0) is 19.4. The van der Waals surface area contributed by atoms with E-state index < -0.39 is 0 Å². The maximum atomic E-state index is 12.1. The van der Waals surface area contributed by atoms with Crippen molar-refractivity contribution >= 4 is 34.6 Å². The predicted octanol–water partition coefficient (Wildman–Crippen LogP) is 4.87. The Balaban J connectivity index is 1.72. The number of carbonyl (C=O) groups excluding carboxylic acids is 1. The first-order valence-electron chi connectivity index (χ1n) is 9.53. The highest BCUT2D eigenvalue weighted by Gasteiger charge is 2.23. The van der Waals surface area contributed by atoms with E-state index in [4.69, 9.17) is 12.2 Å². The summed E-state index contributed by atoms with van der Waals surface area (Å²) in [6.07, 6.45) is 2.49. The lowest BCUT2D eigenvalue weighted by Gasteiger charge is -2.23. The molecular weight excluding hydrogens is 354 g/mol. The first-order valence-corrected chi connectivity index (χ1v) is 9.94. The number of nitrogens with zero attached hydrogens (tertiary/aromatic N) is 1. The predicted molar refractivity (Wildman–Crippen MR) is 116 cm³/mol. The summed E-state index contributed by atoms with van der Waals surface area (Å²) in [5.74, 6) is 0.196. The second-order valence-electron chi connectivity index (χ2n) is 7.07. The molecular formula is C22H27N3OS. The van der Waals surface area contributed by atoms with Gasteiger partial charge in [0.1, 0.15) is 0 Å². The highest BCUT2D eigenvalue weighted by molar-refractivity contribution is 7.80. The van der Waals surface area contributed by atoms with Crippen LogP contribution in [0.2, 0.25) is 0 Å². The van der Waals surface area contributed by atoms with Crippen LogP contribution in [0.25, 0.3) is 0 Å². The van der Waals surface area contributed by atoms with Gasteiger partial charge >= 0.3 is 0 Å². The van der Waals surface area contributed by atoms with Gasteiger partial charge in [0.05, 0.1) is 6.04 Å². The van der Waals surface area contributed by atoms with Crippen LogP contribution < -0.4 is 15.5 Å². The molecule has 142 valence electrons. The van der Waals surface area contributed by atoms with E-state index in [-0.39, 0.29) is 11.9 Å². The summed E-state index contributed by atoms with van der Waals surface area (Å²) in [6.45, 7) is 7.09. The van der Waals surface area contributed by atoms with Gasteiger partial charge in [0.25, 0.3) is 0 Å². The van der Waals surface area contributed by atoms with Gasteiger partial charge < -0.3 is 15.5 Å². The van der Waals surface area contributed by atoms with Gasteiger partial charge in [0.2, 0.25) is 5.91 Å². The van der Waals surface area contributed by atoms with Crippen LogP contribution in [0.15, 0.2) is 42.5 Å². The fraction of sp³-hybridized carbons (Fsp3) is 0.364. The van der Waals surface area contributed by atoms with E-state index in [1.54, 1.807) is 0 Å². The number of rotatable bonds is 5. The summed E-state index contributed by atoms with van der Waals surface area (Å²) in [4.78, 5) is 14.0. The monoisotopic (exact) mass is 381 g/mol. The van der Waals surface area contributed by atoms with Crippen molar-refractivity contribution in [2.75, 3.05) is 16.8 Å². The minimum Gasteiger partial charge on any atom is -0.356 e. The zero-order valence-electron chi connectivity index (χ0n) is 16.2. The van der Waals surface area contributed by atoms with Crippen molar-refractivity contribution in [2.24, 2.45) is 0 Å². The fourth-order valence-corrected chi connectivity index (χ4v) is 3.84. The molecule has 2 aromatic carbocycles. The van der Waals surface area contributed by atoms with Crippen molar-refractivity contribution in [1.82, 2.24) is 5.32 Å². The molecule has 1 aliphatic rings. The van der Waals surface area contributed by atoms with Crippen LogP contribution in [-0.2, 0) is 4.79 Å². The van der Waals surface area contributed by atoms with Crippen LogP contribution in [0.5, 0.6) is 0 Å². The Kier molecular flexibility index (Phi) is 6.11. The van der Waals surface area contributed by atoms with Gasteiger partial charge in [-0.3, -0.25) is 4.79 Å². The molecule has 1 fully saturated rings. The second-order valence-corrected chi connectivity index (χ2v) is 7.47. The summed E-state index contributed by atoms with van der Waals surface area (Å²) in [6, 6.07) is 14.6. The van der Waals surface area contributed by atoms with Crippen LogP contribution in [0.4, 0.5) is 11.4 Å². The normalized spacial score (nSPS) is 14.9. The van der Waals surface area contributed by atoms with Crippen molar-refractivity contribution in [3.8, 4) is 0 Å². The average Bonchev–Trinajstić information content (AvgIpc) is 3.08. The SMILES string of the molecule is CCC(NC(=S)Nc1ccc(C)c(N2CCCC2=O)c1)c1ccccc1C. The molecule has 1 amide bonds. The molecule has 0 saturated carbocycles. The molecule has 1 unspecified atom stereocenters. The van der Waals surface area contributed by atoms with E-state index in [1.165, 1.54) is 11.1 Å². The summed E-state index contributed by atoms with van der Waals surface area (Å²) >= 11 is 5.55. The van der Waals surface area contributed by atoms with Crippen molar-refractivity contribution in [1.29, 1.82) is 0 Å². The number of anilines is 2. The topological polar surface area (TPSA) is 44.4 Å². The van der Waals surface area contributed by atoms with Gasteiger partial charge in [-0.25, -0.2) is 0 Å². The molecule has 0 aromatic heterocycles. The van der Waals surface area contributed by atoms with Gasteiger partial charge in [-0.1, -0.05) is 37.3 Å². The molecule has 1 saturated heterocycles. The number of hydrogen-bond acceptors (Lipinski definition) is 2. The van der Waals surface area contributed by atoms with Crippen molar-refractivity contribution in [2.45, 2.75) is 46.1 Å². The Morgan fingerprint density at radius 1 is 1.19 bits per heavy atom. The van der Waals surface area contributed by atoms with E-state index in [0.29, 0.717) is 11.5 Å². The lowest BCUT2D eigenvalue weighted by Crippen LogP contribution is -2.32. The molecule has 0 spiro atoms. The highest BCUT2D eigenvalue weighted by Crippen LogP contribution is 2.28. The third kappa shape index (κ3) is 4.48. The van der Waals surface area contributed by atoms with Crippen LogP contribution in [-0.4, -0.2) is 17.6 Å². The molecule has 1 heterocycles. The first kappa shape index (κ1) is 19.4. The maximum absolute atomic E-state index is 12.1. The minimum absolute atomic E-state index is 0.163. The lowest BCUT2D eigenvalue weighted by molar-refractivity contribution is -0.117.